The number of hydrogen-bond donors (Lipinski definition) is 2. The summed E-state index contributed by atoms with van der Waals surface area (Å²) in [4.78, 5) is 34.4. The van der Waals surface area contributed by atoms with Crippen LogP contribution in [0.25, 0.3) is 0 Å². The third kappa shape index (κ3) is 6.95. The van der Waals surface area contributed by atoms with Crippen LogP contribution in [-0.2, 0) is 9.59 Å². The Morgan fingerprint density at radius 3 is 2.43 bits per heavy atom. The Balaban J connectivity index is 2.72. The molecule has 0 heterocycles. The van der Waals surface area contributed by atoms with Crippen molar-refractivity contribution in [1.82, 2.24) is 5.32 Å². The zero-order valence-electron chi connectivity index (χ0n) is 14.1. The highest BCUT2D eigenvalue weighted by Gasteiger charge is 2.11. The van der Waals surface area contributed by atoms with Crippen LogP contribution in [0.3, 0.4) is 0 Å². The van der Waals surface area contributed by atoms with Crippen molar-refractivity contribution >= 4 is 23.3 Å². The van der Waals surface area contributed by atoms with Gasteiger partial charge in [-0.25, -0.2) is 0 Å². The van der Waals surface area contributed by atoms with Gasteiger partial charge in [0.05, 0.1) is 5.69 Å². The third-order valence-electron chi connectivity index (χ3n) is 3.10. The van der Waals surface area contributed by atoms with E-state index < -0.39 is 0 Å². The van der Waals surface area contributed by atoms with E-state index in [2.05, 4.69) is 24.5 Å². The fourth-order valence-electron chi connectivity index (χ4n) is 1.85. The molecule has 0 aromatic heterocycles. The second-order valence-electron chi connectivity index (χ2n) is 5.77. The van der Waals surface area contributed by atoms with Crippen LogP contribution in [0.1, 0.15) is 44.5 Å². The number of carbonyl (C=O) groups excluding carboxylic acids is 3. The van der Waals surface area contributed by atoms with Crippen LogP contribution < -0.4 is 15.4 Å². The number of rotatable bonds is 8. The summed E-state index contributed by atoms with van der Waals surface area (Å²) in [6.45, 7) is 7.39. The fraction of sp³-hybridized carbons (Fsp3) is 0.471. The molecule has 0 unspecified atom stereocenters. The predicted octanol–water partition coefficient (Wildman–Crippen LogP) is 2.39. The van der Waals surface area contributed by atoms with Crippen LogP contribution in [-0.4, -0.2) is 30.7 Å². The molecule has 0 saturated carbocycles. The van der Waals surface area contributed by atoms with Crippen LogP contribution in [0.2, 0.25) is 0 Å². The summed E-state index contributed by atoms with van der Waals surface area (Å²) in [5.74, 6) is 0.187. The van der Waals surface area contributed by atoms with Crippen molar-refractivity contribution < 1.29 is 19.1 Å². The summed E-state index contributed by atoms with van der Waals surface area (Å²) in [7, 11) is 0. The van der Waals surface area contributed by atoms with Crippen molar-refractivity contribution in [2.24, 2.45) is 5.92 Å². The van der Waals surface area contributed by atoms with Crippen LogP contribution in [0, 0.1) is 5.92 Å². The smallest absolute Gasteiger partial charge is 0.257 e. The summed E-state index contributed by atoms with van der Waals surface area (Å²) < 4.78 is 5.47. The molecule has 2 N–H and O–H groups in total. The lowest BCUT2D eigenvalue weighted by molar-refractivity contribution is -0.123. The zero-order chi connectivity index (χ0) is 17.4. The van der Waals surface area contributed by atoms with Gasteiger partial charge in [-0.1, -0.05) is 13.8 Å². The minimum Gasteiger partial charge on any atom is -0.482 e. The number of amides is 2. The maximum Gasteiger partial charge on any atom is 0.257 e. The molecule has 0 radical (unpaired) electrons. The first-order valence-electron chi connectivity index (χ1n) is 7.61. The number of benzene rings is 1. The largest absolute Gasteiger partial charge is 0.482 e. The van der Waals surface area contributed by atoms with Crippen molar-refractivity contribution in [3.8, 4) is 5.75 Å². The Morgan fingerprint density at radius 1 is 1.17 bits per heavy atom. The minimum atomic E-state index is -0.258. The molecule has 0 aliphatic heterocycles. The molecule has 23 heavy (non-hydrogen) atoms. The quantitative estimate of drug-likeness (QED) is 0.720. The molecule has 0 bridgehead atoms. The van der Waals surface area contributed by atoms with Gasteiger partial charge in [-0.3, -0.25) is 14.4 Å². The number of anilines is 1. The van der Waals surface area contributed by atoms with Crippen molar-refractivity contribution in [3.05, 3.63) is 23.8 Å². The Labute approximate surface area is 136 Å². The first-order chi connectivity index (χ1) is 10.8. The van der Waals surface area contributed by atoms with Crippen LogP contribution in [0.15, 0.2) is 18.2 Å². The van der Waals surface area contributed by atoms with E-state index in [1.165, 1.54) is 19.9 Å². The van der Waals surface area contributed by atoms with Gasteiger partial charge < -0.3 is 15.4 Å². The van der Waals surface area contributed by atoms with E-state index in [-0.39, 0.29) is 24.2 Å². The number of hydrogen-bond acceptors (Lipinski definition) is 4. The normalized spacial score (nSPS) is 10.3. The van der Waals surface area contributed by atoms with E-state index in [4.69, 9.17) is 4.74 Å². The van der Waals surface area contributed by atoms with Gasteiger partial charge in [-0.05, 0) is 37.5 Å². The van der Waals surface area contributed by atoms with E-state index in [9.17, 15) is 14.4 Å². The van der Waals surface area contributed by atoms with E-state index in [1.807, 2.05) is 0 Å². The molecular formula is C17H24N2O4. The summed E-state index contributed by atoms with van der Waals surface area (Å²) in [6.07, 6.45) is 0.892. The summed E-state index contributed by atoms with van der Waals surface area (Å²) >= 11 is 0. The average Bonchev–Trinajstić information content (AvgIpc) is 2.45. The topological polar surface area (TPSA) is 84.5 Å². The van der Waals surface area contributed by atoms with Crippen LogP contribution in [0.4, 0.5) is 5.69 Å². The molecule has 2 amide bonds. The molecule has 0 aliphatic rings. The number of nitrogens with one attached hydrogen (secondary N) is 2. The van der Waals surface area contributed by atoms with Crippen molar-refractivity contribution in [2.45, 2.75) is 34.1 Å². The maximum absolute atomic E-state index is 11.8. The molecule has 0 fully saturated rings. The predicted molar refractivity (Wildman–Crippen MR) is 88.7 cm³/mol. The van der Waals surface area contributed by atoms with Gasteiger partial charge in [0.15, 0.2) is 12.4 Å². The number of carbonyl (C=O) groups is 3. The van der Waals surface area contributed by atoms with Crippen LogP contribution in [0.5, 0.6) is 5.75 Å². The first-order valence-corrected chi connectivity index (χ1v) is 7.61. The van der Waals surface area contributed by atoms with E-state index in [0.717, 1.165) is 6.42 Å². The minimum absolute atomic E-state index is 0.120. The van der Waals surface area contributed by atoms with Crippen molar-refractivity contribution in [2.75, 3.05) is 18.5 Å². The number of Topliss-reactive ketones (excluding diaryl/α,β-unsaturated/α-hetero) is 1. The second-order valence-corrected chi connectivity index (χ2v) is 5.77. The highest BCUT2D eigenvalue weighted by atomic mass is 16.5. The highest BCUT2D eigenvalue weighted by molar-refractivity contribution is 5.96. The Kier molecular flexibility index (Phi) is 7.25. The van der Waals surface area contributed by atoms with E-state index in [0.29, 0.717) is 29.5 Å². The van der Waals surface area contributed by atoms with Gasteiger partial charge in [0.2, 0.25) is 5.91 Å². The number of ketones is 1. The number of ether oxygens (including phenoxy) is 1. The maximum atomic E-state index is 11.8. The molecule has 1 aromatic carbocycles. The molecule has 1 rings (SSSR count). The molecular weight excluding hydrogens is 296 g/mol. The first kappa shape index (κ1) is 18.7. The monoisotopic (exact) mass is 320 g/mol. The van der Waals surface area contributed by atoms with Gasteiger partial charge in [0, 0.05) is 19.0 Å². The molecule has 1 aromatic rings. The summed E-state index contributed by atoms with van der Waals surface area (Å²) in [5, 5.41) is 5.38. The third-order valence-corrected chi connectivity index (χ3v) is 3.10. The van der Waals surface area contributed by atoms with E-state index in [1.54, 1.807) is 12.1 Å². The van der Waals surface area contributed by atoms with Crippen LogP contribution >= 0.6 is 0 Å². The van der Waals surface area contributed by atoms with Gasteiger partial charge in [-0.2, -0.15) is 0 Å². The van der Waals surface area contributed by atoms with E-state index >= 15 is 0 Å². The van der Waals surface area contributed by atoms with Crippen molar-refractivity contribution in [1.29, 1.82) is 0 Å². The SMILES string of the molecule is CC(=O)Nc1ccc(C(C)=O)cc1OCC(=O)NCCC(C)C. The molecule has 126 valence electrons. The van der Waals surface area contributed by atoms with Crippen molar-refractivity contribution in [3.63, 3.8) is 0 Å². The second kappa shape index (κ2) is 8.92. The standard InChI is InChI=1S/C17H24N2O4/c1-11(2)7-8-18-17(22)10-23-16-9-14(12(3)20)5-6-15(16)19-13(4)21/h5-6,9,11H,7-8,10H2,1-4H3,(H,18,22)(H,19,21). The highest BCUT2D eigenvalue weighted by Crippen LogP contribution is 2.26. The lowest BCUT2D eigenvalue weighted by atomic mass is 10.1. The van der Waals surface area contributed by atoms with Gasteiger partial charge >= 0.3 is 0 Å². The molecule has 6 nitrogen and oxygen atoms in total. The van der Waals surface area contributed by atoms with Gasteiger partial charge in [-0.15, -0.1) is 0 Å². The lowest BCUT2D eigenvalue weighted by Gasteiger charge is -2.13. The van der Waals surface area contributed by atoms with Gasteiger partial charge in [0.1, 0.15) is 5.75 Å². The summed E-state index contributed by atoms with van der Waals surface area (Å²) in [5.41, 5.74) is 0.881. The molecule has 0 atom stereocenters. The fourth-order valence-corrected chi connectivity index (χ4v) is 1.85. The Hall–Kier alpha value is -2.37. The summed E-state index contributed by atoms with van der Waals surface area (Å²) in [6, 6.07) is 4.71. The molecule has 6 heteroatoms. The molecule has 0 spiro atoms. The molecule has 0 aliphatic carbocycles. The van der Waals surface area contributed by atoms with Gasteiger partial charge in [0.25, 0.3) is 5.91 Å². The zero-order valence-corrected chi connectivity index (χ0v) is 14.1. The Morgan fingerprint density at radius 2 is 1.87 bits per heavy atom. The average molecular weight is 320 g/mol. The molecule has 0 saturated heterocycles. The Bertz CT molecular complexity index is 582. The lowest BCUT2D eigenvalue weighted by Crippen LogP contribution is -2.30.